The Bertz CT molecular complexity index is 2900. The first kappa shape index (κ1) is 32.9. The molecule has 0 aliphatic carbocycles. The van der Waals surface area contributed by atoms with E-state index in [0.717, 1.165) is 61.2 Å². The van der Waals surface area contributed by atoms with Crippen LogP contribution < -0.4 is 4.74 Å². The van der Waals surface area contributed by atoms with Gasteiger partial charge in [-0.15, -0.1) is 0 Å². The smallest absolute Gasteiger partial charge is 0.164 e. The molecule has 1 aromatic heterocycles. The van der Waals surface area contributed by atoms with Gasteiger partial charge in [0.1, 0.15) is 11.5 Å². The van der Waals surface area contributed by atoms with Crippen molar-refractivity contribution in [2.75, 3.05) is 0 Å². The largest absolute Gasteiger partial charge is 0.456 e. The van der Waals surface area contributed by atoms with Crippen LogP contribution in [-0.4, -0.2) is 15.0 Å². The lowest BCUT2D eigenvalue weighted by Crippen LogP contribution is -2.34. The zero-order valence-electron chi connectivity index (χ0n) is 30.2. The van der Waals surface area contributed by atoms with E-state index in [1.54, 1.807) is 12.1 Å². The van der Waals surface area contributed by atoms with Gasteiger partial charge in [-0.25, -0.2) is 15.0 Å². The average Bonchev–Trinajstić information content (AvgIpc) is 3.28. The lowest BCUT2D eigenvalue weighted by Gasteiger charge is -2.42. The van der Waals surface area contributed by atoms with Gasteiger partial charge in [0.2, 0.25) is 0 Å². The Kier molecular flexibility index (Phi) is 8.01. The number of para-hydroxylation sites is 2. The van der Waals surface area contributed by atoms with E-state index < -0.39 is 5.41 Å². The maximum atomic E-state index is 9.43. The molecule has 9 aromatic rings. The number of nitrogens with zero attached hydrogens (tertiary/aromatic N) is 4. The SMILES string of the molecule is N#Cc1ccc(-c2nc(-c3ccccc3)nc(-c3ccc(-c4cccc5c4Oc4ccccc4C5(c4ccccc4)c4ccccc4)c4ccccc34)n2)cc1. The van der Waals surface area contributed by atoms with E-state index in [1.165, 1.54) is 11.1 Å². The van der Waals surface area contributed by atoms with Crippen LogP contribution >= 0.6 is 0 Å². The summed E-state index contributed by atoms with van der Waals surface area (Å²) in [4.78, 5) is 15.0. The lowest BCUT2D eigenvalue weighted by atomic mass is 9.63. The molecule has 10 rings (SSSR count). The number of rotatable bonds is 6. The second kappa shape index (κ2) is 13.6. The van der Waals surface area contributed by atoms with Gasteiger partial charge in [0.25, 0.3) is 0 Å². The summed E-state index contributed by atoms with van der Waals surface area (Å²) in [6.07, 6.45) is 0. The van der Waals surface area contributed by atoms with Crippen molar-refractivity contribution in [3.05, 3.63) is 222 Å². The molecular weight excluding hydrogens is 685 g/mol. The van der Waals surface area contributed by atoms with Crippen molar-refractivity contribution in [3.63, 3.8) is 0 Å². The predicted octanol–water partition coefficient (Wildman–Crippen LogP) is 12.1. The molecule has 0 unspecified atom stereocenters. The molecule has 0 spiro atoms. The third-order valence-corrected chi connectivity index (χ3v) is 10.7. The Morgan fingerprint density at radius 2 is 0.929 bits per heavy atom. The van der Waals surface area contributed by atoms with Crippen LogP contribution in [0.2, 0.25) is 0 Å². The summed E-state index contributed by atoms with van der Waals surface area (Å²) in [7, 11) is 0. The molecule has 1 aliphatic heterocycles. The predicted molar refractivity (Wildman–Crippen MR) is 222 cm³/mol. The van der Waals surface area contributed by atoms with Gasteiger partial charge < -0.3 is 4.74 Å². The first-order valence-electron chi connectivity index (χ1n) is 18.6. The second-order valence-electron chi connectivity index (χ2n) is 13.8. The normalized spacial score (nSPS) is 12.6. The minimum atomic E-state index is -0.626. The molecule has 0 bridgehead atoms. The summed E-state index contributed by atoms with van der Waals surface area (Å²) in [6.45, 7) is 0. The highest BCUT2D eigenvalue weighted by molar-refractivity contribution is 6.05. The van der Waals surface area contributed by atoms with Crippen LogP contribution in [0.4, 0.5) is 0 Å². The van der Waals surface area contributed by atoms with Crippen molar-refractivity contribution in [3.8, 4) is 62.9 Å². The maximum absolute atomic E-state index is 9.43. The number of fused-ring (bicyclic) bond motifs is 3. The fraction of sp³-hybridized carbons (Fsp3) is 0.0196. The van der Waals surface area contributed by atoms with Crippen LogP contribution in [0, 0.1) is 11.3 Å². The van der Waals surface area contributed by atoms with E-state index >= 15 is 0 Å². The van der Waals surface area contributed by atoms with E-state index in [2.05, 4.69) is 140 Å². The van der Waals surface area contributed by atoms with Crippen LogP contribution in [0.15, 0.2) is 194 Å². The van der Waals surface area contributed by atoms with Gasteiger partial charge in [0.15, 0.2) is 17.5 Å². The molecule has 0 saturated carbocycles. The molecule has 0 saturated heterocycles. The number of nitriles is 1. The van der Waals surface area contributed by atoms with Gasteiger partial charge in [0, 0.05) is 33.4 Å². The van der Waals surface area contributed by atoms with Crippen molar-refractivity contribution < 1.29 is 4.74 Å². The summed E-state index contributed by atoms with van der Waals surface area (Å²) in [5.41, 5.74) is 9.09. The quantitative estimate of drug-likeness (QED) is 0.171. The molecule has 56 heavy (non-hydrogen) atoms. The summed E-state index contributed by atoms with van der Waals surface area (Å²) < 4.78 is 7.02. The summed E-state index contributed by atoms with van der Waals surface area (Å²) in [5, 5.41) is 11.5. The molecule has 0 atom stereocenters. The van der Waals surface area contributed by atoms with Crippen LogP contribution in [0.1, 0.15) is 27.8 Å². The third-order valence-electron chi connectivity index (χ3n) is 10.7. The second-order valence-corrected chi connectivity index (χ2v) is 13.8. The van der Waals surface area contributed by atoms with Crippen molar-refractivity contribution >= 4 is 10.8 Å². The first-order valence-corrected chi connectivity index (χ1v) is 18.6. The molecule has 5 heteroatoms. The number of hydrogen-bond acceptors (Lipinski definition) is 5. The molecule has 1 aliphatic rings. The first-order chi connectivity index (χ1) is 27.7. The van der Waals surface area contributed by atoms with Crippen LogP contribution in [0.5, 0.6) is 11.5 Å². The van der Waals surface area contributed by atoms with Gasteiger partial charge in [-0.1, -0.05) is 158 Å². The van der Waals surface area contributed by atoms with Crippen LogP contribution in [-0.2, 0) is 5.41 Å². The van der Waals surface area contributed by atoms with Crippen molar-refractivity contribution in [1.82, 2.24) is 15.0 Å². The Morgan fingerprint density at radius 3 is 1.59 bits per heavy atom. The monoisotopic (exact) mass is 716 g/mol. The van der Waals surface area contributed by atoms with Gasteiger partial charge in [0.05, 0.1) is 17.0 Å². The van der Waals surface area contributed by atoms with Crippen LogP contribution in [0.25, 0.3) is 56.1 Å². The number of benzene rings is 8. The summed E-state index contributed by atoms with van der Waals surface area (Å²) in [6, 6.07) is 68.6. The van der Waals surface area contributed by atoms with E-state index in [4.69, 9.17) is 19.7 Å². The number of aromatic nitrogens is 3. The van der Waals surface area contributed by atoms with Gasteiger partial charge in [-0.05, 0) is 63.9 Å². The fourth-order valence-electron chi connectivity index (χ4n) is 8.20. The molecule has 0 N–H and O–H groups in total. The Balaban J connectivity index is 1.20. The highest BCUT2D eigenvalue weighted by Crippen LogP contribution is 2.57. The maximum Gasteiger partial charge on any atom is 0.164 e. The molecule has 0 fully saturated rings. The molecule has 0 amide bonds. The van der Waals surface area contributed by atoms with Gasteiger partial charge in [-0.2, -0.15) is 5.26 Å². The summed E-state index contributed by atoms with van der Waals surface area (Å²) in [5.74, 6) is 3.33. The Morgan fingerprint density at radius 1 is 0.411 bits per heavy atom. The van der Waals surface area contributed by atoms with E-state index in [-0.39, 0.29) is 0 Å². The molecule has 5 nitrogen and oxygen atoms in total. The van der Waals surface area contributed by atoms with Crippen molar-refractivity contribution in [2.24, 2.45) is 0 Å². The fourth-order valence-corrected chi connectivity index (χ4v) is 8.20. The van der Waals surface area contributed by atoms with Gasteiger partial charge in [-0.3, -0.25) is 0 Å². The Hall–Kier alpha value is -7.68. The highest BCUT2D eigenvalue weighted by Gasteiger charge is 2.46. The topological polar surface area (TPSA) is 71.7 Å². The van der Waals surface area contributed by atoms with E-state index in [0.29, 0.717) is 23.0 Å². The van der Waals surface area contributed by atoms with E-state index in [9.17, 15) is 5.26 Å². The van der Waals surface area contributed by atoms with Gasteiger partial charge >= 0.3 is 0 Å². The zero-order chi connectivity index (χ0) is 37.5. The lowest BCUT2D eigenvalue weighted by molar-refractivity contribution is 0.436. The number of hydrogen-bond donors (Lipinski definition) is 0. The molecule has 2 heterocycles. The van der Waals surface area contributed by atoms with Crippen molar-refractivity contribution in [2.45, 2.75) is 5.41 Å². The minimum absolute atomic E-state index is 0.536. The molecule has 262 valence electrons. The van der Waals surface area contributed by atoms with Crippen LogP contribution in [0.3, 0.4) is 0 Å². The Labute approximate surface area is 324 Å². The minimum Gasteiger partial charge on any atom is -0.456 e. The van der Waals surface area contributed by atoms with Crippen molar-refractivity contribution in [1.29, 1.82) is 5.26 Å². The summed E-state index contributed by atoms with van der Waals surface area (Å²) >= 11 is 0. The molecule has 0 radical (unpaired) electrons. The molecule has 8 aromatic carbocycles. The zero-order valence-corrected chi connectivity index (χ0v) is 30.2. The molecular formula is C51H32N4O. The van der Waals surface area contributed by atoms with E-state index in [1.807, 2.05) is 48.5 Å². The average molecular weight is 717 g/mol. The third kappa shape index (κ3) is 5.35. The standard InChI is InChI=1S/C51H32N4O/c52-33-34-27-29-36(30-28-34)49-53-48(35-15-4-1-5-16-35)54-50(55-49)43-32-31-41(39-21-10-11-22-40(39)43)42-23-14-25-45-47(42)56-46-26-13-12-24-44(46)51(45,37-17-6-2-7-18-37)38-19-8-3-9-20-38/h1-32H. The highest BCUT2D eigenvalue weighted by atomic mass is 16.5. The number of ether oxygens (including phenoxy) is 1.